The molecule has 1 aromatic carbocycles. The molecule has 0 unspecified atom stereocenters. The maximum absolute atomic E-state index is 12.2. The van der Waals surface area contributed by atoms with Crippen LogP contribution in [-0.2, 0) is 9.59 Å². The van der Waals surface area contributed by atoms with Gasteiger partial charge in [0.25, 0.3) is 5.91 Å². The summed E-state index contributed by atoms with van der Waals surface area (Å²) >= 11 is 0. The van der Waals surface area contributed by atoms with Gasteiger partial charge in [0.15, 0.2) is 0 Å². The molecular weight excluding hydrogens is 278 g/mol. The van der Waals surface area contributed by atoms with Gasteiger partial charge in [-0.25, -0.2) is 5.01 Å². The first-order chi connectivity index (χ1) is 10.5. The highest BCUT2D eigenvalue weighted by Crippen LogP contribution is 2.25. The summed E-state index contributed by atoms with van der Waals surface area (Å²) in [6.45, 7) is 6.63. The number of unbranched alkanes of at least 4 members (excludes halogenated alkanes) is 1. The Bertz CT molecular complexity index is 608. The summed E-state index contributed by atoms with van der Waals surface area (Å²) in [4.78, 5) is 24.3. The van der Waals surface area contributed by atoms with Crippen molar-refractivity contribution in [2.75, 3.05) is 11.6 Å². The summed E-state index contributed by atoms with van der Waals surface area (Å²) < 4.78 is 0. The SMILES string of the molecule is CCCCNC(=O)C1=NN(c2cc(C)ccc2C)C(=O)CC1. The highest BCUT2D eigenvalue weighted by Gasteiger charge is 2.26. The molecule has 0 saturated heterocycles. The molecule has 0 aromatic heterocycles. The highest BCUT2D eigenvalue weighted by atomic mass is 16.2. The fourth-order valence-electron chi connectivity index (χ4n) is 2.33. The summed E-state index contributed by atoms with van der Waals surface area (Å²) in [5.41, 5.74) is 3.21. The second-order valence-electron chi connectivity index (χ2n) is 5.65. The van der Waals surface area contributed by atoms with Crippen LogP contribution >= 0.6 is 0 Å². The smallest absolute Gasteiger partial charge is 0.267 e. The highest BCUT2D eigenvalue weighted by molar-refractivity contribution is 6.40. The van der Waals surface area contributed by atoms with E-state index in [1.54, 1.807) is 0 Å². The number of benzene rings is 1. The molecule has 22 heavy (non-hydrogen) atoms. The Balaban J connectivity index is 2.22. The standard InChI is InChI=1S/C17H23N3O2/c1-4-5-10-18-17(22)14-8-9-16(21)20(19-14)15-11-12(2)6-7-13(15)3/h6-7,11H,4-5,8-10H2,1-3H3,(H,18,22). The molecule has 0 radical (unpaired) electrons. The van der Waals surface area contributed by atoms with Gasteiger partial charge in [0.1, 0.15) is 5.71 Å². The third-order valence-corrected chi connectivity index (χ3v) is 3.70. The first-order valence-electron chi connectivity index (χ1n) is 7.78. The number of amides is 2. The van der Waals surface area contributed by atoms with E-state index in [9.17, 15) is 9.59 Å². The third kappa shape index (κ3) is 3.72. The molecule has 2 rings (SSSR count). The lowest BCUT2D eigenvalue weighted by atomic mass is 10.1. The van der Waals surface area contributed by atoms with E-state index >= 15 is 0 Å². The number of anilines is 1. The number of nitrogens with zero attached hydrogens (tertiary/aromatic N) is 2. The number of hydrazone groups is 1. The van der Waals surface area contributed by atoms with Gasteiger partial charge in [-0.15, -0.1) is 0 Å². The van der Waals surface area contributed by atoms with E-state index in [1.165, 1.54) is 5.01 Å². The van der Waals surface area contributed by atoms with Gasteiger partial charge in [-0.05, 0) is 37.5 Å². The number of nitrogens with one attached hydrogen (secondary N) is 1. The maximum Gasteiger partial charge on any atom is 0.267 e. The topological polar surface area (TPSA) is 61.8 Å². The van der Waals surface area contributed by atoms with Gasteiger partial charge in [-0.2, -0.15) is 5.10 Å². The quantitative estimate of drug-likeness (QED) is 0.850. The second kappa shape index (κ2) is 7.20. The van der Waals surface area contributed by atoms with Crippen LogP contribution in [0.25, 0.3) is 0 Å². The molecule has 0 fully saturated rings. The van der Waals surface area contributed by atoms with Crippen LogP contribution in [0, 0.1) is 13.8 Å². The van der Waals surface area contributed by atoms with Crippen molar-refractivity contribution in [2.24, 2.45) is 5.10 Å². The second-order valence-corrected chi connectivity index (χ2v) is 5.65. The molecule has 5 heteroatoms. The van der Waals surface area contributed by atoms with E-state index in [-0.39, 0.29) is 11.8 Å². The molecular formula is C17H23N3O2. The van der Waals surface area contributed by atoms with Crippen molar-refractivity contribution in [3.05, 3.63) is 29.3 Å². The van der Waals surface area contributed by atoms with Crippen molar-refractivity contribution in [3.8, 4) is 0 Å². The summed E-state index contributed by atoms with van der Waals surface area (Å²) in [5, 5.41) is 8.54. The van der Waals surface area contributed by atoms with E-state index in [4.69, 9.17) is 0 Å². The van der Waals surface area contributed by atoms with Crippen LogP contribution in [0.5, 0.6) is 0 Å². The Hall–Kier alpha value is -2.17. The van der Waals surface area contributed by atoms with Crippen LogP contribution in [0.2, 0.25) is 0 Å². The van der Waals surface area contributed by atoms with Crippen LogP contribution < -0.4 is 10.3 Å². The Kier molecular flexibility index (Phi) is 5.31. The van der Waals surface area contributed by atoms with Gasteiger partial charge < -0.3 is 5.32 Å². The van der Waals surface area contributed by atoms with Crippen LogP contribution in [0.1, 0.15) is 43.7 Å². The van der Waals surface area contributed by atoms with Crippen molar-refractivity contribution in [3.63, 3.8) is 0 Å². The van der Waals surface area contributed by atoms with Crippen molar-refractivity contribution < 1.29 is 9.59 Å². The van der Waals surface area contributed by atoms with Crippen LogP contribution in [-0.4, -0.2) is 24.1 Å². The number of hydrogen-bond acceptors (Lipinski definition) is 3. The molecule has 0 bridgehead atoms. The molecule has 118 valence electrons. The normalized spacial score (nSPS) is 14.8. The van der Waals surface area contributed by atoms with Crippen LogP contribution in [0.4, 0.5) is 5.69 Å². The number of rotatable bonds is 5. The van der Waals surface area contributed by atoms with E-state index in [0.29, 0.717) is 25.1 Å². The third-order valence-electron chi connectivity index (χ3n) is 3.70. The zero-order valence-corrected chi connectivity index (χ0v) is 13.5. The summed E-state index contributed by atoms with van der Waals surface area (Å²) in [6.07, 6.45) is 2.68. The van der Waals surface area contributed by atoms with E-state index < -0.39 is 0 Å². The van der Waals surface area contributed by atoms with Crippen LogP contribution in [0.15, 0.2) is 23.3 Å². The molecule has 2 amide bonds. The predicted molar refractivity (Wildman–Crippen MR) is 88.0 cm³/mol. The van der Waals surface area contributed by atoms with Gasteiger partial charge in [-0.1, -0.05) is 25.5 Å². The number of aryl methyl sites for hydroxylation is 2. The lowest BCUT2D eigenvalue weighted by Crippen LogP contribution is -2.39. The molecule has 5 nitrogen and oxygen atoms in total. The lowest BCUT2D eigenvalue weighted by Gasteiger charge is -2.24. The molecule has 0 saturated carbocycles. The van der Waals surface area contributed by atoms with Gasteiger partial charge in [0, 0.05) is 19.4 Å². The maximum atomic E-state index is 12.2. The summed E-state index contributed by atoms with van der Waals surface area (Å²) in [7, 11) is 0. The molecule has 1 aromatic rings. The molecule has 0 atom stereocenters. The van der Waals surface area contributed by atoms with Crippen molar-refractivity contribution >= 4 is 23.2 Å². The Morgan fingerprint density at radius 3 is 2.82 bits per heavy atom. The molecule has 0 spiro atoms. The number of carbonyl (C=O) groups is 2. The first-order valence-corrected chi connectivity index (χ1v) is 7.78. The van der Waals surface area contributed by atoms with E-state index in [2.05, 4.69) is 17.3 Å². The van der Waals surface area contributed by atoms with E-state index in [0.717, 1.165) is 29.7 Å². The fourth-order valence-corrected chi connectivity index (χ4v) is 2.33. The Morgan fingerprint density at radius 1 is 1.32 bits per heavy atom. The average Bonchev–Trinajstić information content (AvgIpc) is 2.50. The zero-order valence-electron chi connectivity index (χ0n) is 13.5. The minimum Gasteiger partial charge on any atom is -0.351 e. The van der Waals surface area contributed by atoms with Crippen molar-refractivity contribution in [1.29, 1.82) is 0 Å². The minimum atomic E-state index is -0.170. The Labute approximate surface area is 131 Å². The van der Waals surface area contributed by atoms with Gasteiger partial charge in [0.05, 0.1) is 5.69 Å². The predicted octanol–water partition coefficient (Wildman–Crippen LogP) is 2.70. The summed E-state index contributed by atoms with van der Waals surface area (Å²) in [6, 6.07) is 5.88. The van der Waals surface area contributed by atoms with Crippen LogP contribution in [0.3, 0.4) is 0 Å². The summed E-state index contributed by atoms with van der Waals surface area (Å²) in [5.74, 6) is -0.241. The first kappa shape index (κ1) is 16.2. The molecule has 1 aliphatic heterocycles. The molecule has 1 N–H and O–H groups in total. The van der Waals surface area contributed by atoms with Crippen molar-refractivity contribution in [1.82, 2.24) is 5.32 Å². The number of hydrogen-bond donors (Lipinski definition) is 1. The van der Waals surface area contributed by atoms with Gasteiger partial charge in [-0.3, -0.25) is 9.59 Å². The lowest BCUT2D eigenvalue weighted by molar-refractivity contribution is -0.118. The molecule has 0 aliphatic carbocycles. The van der Waals surface area contributed by atoms with E-state index in [1.807, 2.05) is 32.0 Å². The number of carbonyl (C=O) groups excluding carboxylic acids is 2. The monoisotopic (exact) mass is 301 g/mol. The van der Waals surface area contributed by atoms with Gasteiger partial charge >= 0.3 is 0 Å². The zero-order chi connectivity index (χ0) is 16.1. The van der Waals surface area contributed by atoms with Crippen molar-refractivity contribution in [2.45, 2.75) is 46.5 Å². The average molecular weight is 301 g/mol. The minimum absolute atomic E-state index is 0.0705. The van der Waals surface area contributed by atoms with Gasteiger partial charge in [0.2, 0.25) is 5.91 Å². The largest absolute Gasteiger partial charge is 0.351 e. The fraction of sp³-hybridized carbons (Fsp3) is 0.471. The molecule has 1 aliphatic rings. The Morgan fingerprint density at radius 2 is 2.09 bits per heavy atom. The molecule has 1 heterocycles.